The zero-order chi connectivity index (χ0) is 20.0. The molecule has 0 aliphatic carbocycles. The van der Waals surface area contributed by atoms with Gasteiger partial charge in [0.15, 0.2) is 0 Å². The van der Waals surface area contributed by atoms with E-state index in [0.29, 0.717) is 11.5 Å². The third-order valence-electron chi connectivity index (χ3n) is 4.23. The van der Waals surface area contributed by atoms with E-state index >= 15 is 0 Å². The summed E-state index contributed by atoms with van der Waals surface area (Å²) in [7, 11) is 4.76. The molecule has 0 saturated heterocycles. The lowest BCUT2D eigenvalue weighted by atomic mass is 9.84. The van der Waals surface area contributed by atoms with Gasteiger partial charge in [0.05, 0.1) is 27.4 Å². The van der Waals surface area contributed by atoms with Gasteiger partial charge in [-0.05, 0) is 37.6 Å². The Kier molecular flexibility index (Phi) is 7.07. The lowest BCUT2D eigenvalue weighted by Crippen LogP contribution is -2.39. The monoisotopic (exact) mass is 373 g/mol. The fourth-order valence-corrected chi connectivity index (χ4v) is 2.91. The van der Waals surface area contributed by atoms with Gasteiger partial charge in [0.2, 0.25) is 0 Å². The Hall–Kier alpha value is -2.73. The summed E-state index contributed by atoms with van der Waals surface area (Å²) in [6, 6.07) is 12.0. The molecule has 0 aromatic heterocycles. The average molecular weight is 373 g/mol. The minimum absolute atomic E-state index is 0.252. The van der Waals surface area contributed by atoms with Crippen LogP contribution >= 0.6 is 0 Å². The normalized spacial score (nSPS) is 13.0. The van der Waals surface area contributed by atoms with Crippen LogP contribution in [0.15, 0.2) is 42.5 Å². The maximum atomic E-state index is 12.5. The van der Waals surface area contributed by atoms with Gasteiger partial charge in [-0.2, -0.15) is 0 Å². The maximum Gasteiger partial charge on any atom is 0.324 e. The van der Waals surface area contributed by atoms with Crippen LogP contribution in [0.1, 0.15) is 30.9 Å². The van der Waals surface area contributed by atoms with Crippen LogP contribution in [-0.2, 0) is 9.53 Å². The minimum atomic E-state index is -0.900. The molecule has 0 aliphatic heterocycles. The Balaban J connectivity index is 2.53. The highest BCUT2D eigenvalue weighted by atomic mass is 16.5. The molecule has 2 aromatic carbocycles. The third-order valence-corrected chi connectivity index (χ3v) is 4.23. The lowest BCUT2D eigenvalue weighted by molar-refractivity contribution is -0.149. The van der Waals surface area contributed by atoms with Crippen molar-refractivity contribution in [3.63, 3.8) is 0 Å². The first-order valence-electron chi connectivity index (χ1n) is 8.73. The first-order chi connectivity index (χ1) is 12.9. The summed E-state index contributed by atoms with van der Waals surface area (Å²) in [5.74, 6) is 1.04. The van der Waals surface area contributed by atoms with E-state index in [0.717, 1.165) is 16.9 Å². The number of rotatable bonds is 8. The molecule has 2 atom stereocenters. The first-order valence-corrected chi connectivity index (χ1v) is 8.73. The van der Waals surface area contributed by atoms with Gasteiger partial charge in [0, 0.05) is 17.5 Å². The molecule has 0 bridgehead atoms. The van der Waals surface area contributed by atoms with E-state index in [4.69, 9.17) is 24.7 Å². The number of hydrogen-bond acceptors (Lipinski definition) is 6. The van der Waals surface area contributed by atoms with Crippen LogP contribution in [0, 0.1) is 0 Å². The topological polar surface area (TPSA) is 80.0 Å². The molecule has 6 heteroatoms. The largest absolute Gasteiger partial charge is 0.497 e. The van der Waals surface area contributed by atoms with Crippen LogP contribution in [0.4, 0.5) is 0 Å². The van der Waals surface area contributed by atoms with Gasteiger partial charge in [-0.3, -0.25) is 4.79 Å². The van der Waals surface area contributed by atoms with E-state index < -0.39 is 17.9 Å². The van der Waals surface area contributed by atoms with Crippen molar-refractivity contribution >= 4 is 5.97 Å². The van der Waals surface area contributed by atoms with Gasteiger partial charge in [-0.15, -0.1) is 0 Å². The van der Waals surface area contributed by atoms with Crippen LogP contribution in [-0.4, -0.2) is 39.4 Å². The maximum absolute atomic E-state index is 12.5. The zero-order valence-corrected chi connectivity index (χ0v) is 16.4. The SMILES string of the molecule is COc1ccc([C@@H](c2ccc(OC)cc2OC)[C@H](N)C(=O)OC(C)C)cc1. The van der Waals surface area contributed by atoms with Gasteiger partial charge in [-0.1, -0.05) is 18.2 Å². The van der Waals surface area contributed by atoms with E-state index in [-0.39, 0.29) is 6.10 Å². The number of nitrogens with two attached hydrogens (primary N) is 1. The third kappa shape index (κ3) is 4.92. The summed E-state index contributed by atoms with van der Waals surface area (Å²) >= 11 is 0. The van der Waals surface area contributed by atoms with E-state index in [2.05, 4.69) is 0 Å². The van der Waals surface area contributed by atoms with E-state index in [1.165, 1.54) is 0 Å². The van der Waals surface area contributed by atoms with Gasteiger partial charge >= 0.3 is 5.97 Å². The van der Waals surface area contributed by atoms with Crippen LogP contribution < -0.4 is 19.9 Å². The highest BCUT2D eigenvalue weighted by Gasteiger charge is 2.32. The first kappa shape index (κ1) is 20.6. The second kappa shape index (κ2) is 9.28. The van der Waals surface area contributed by atoms with Crippen LogP contribution in [0.5, 0.6) is 17.2 Å². The molecule has 146 valence electrons. The van der Waals surface area contributed by atoms with Crippen molar-refractivity contribution in [2.24, 2.45) is 5.73 Å². The molecule has 0 unspecified atom stereocenters. The van der Waals surface area contributed by atoms with Crippen molar-refractivity contribution in [2.45, 2.75) is 31.9 Å². The van der Waals surface area contributed by atoms with Gasteiger partial charge in [0.25, 0.3) is 0 Å². The summed E-state index contributed by atoms with van der Waals surface area (Å²) in [5.41, 5.74) is 7.97. The van der Waals surface area contributed by atoms with Crippen molar-refractivity contribution < 1.29 is 23.7 Å². The van der Waals surface area contributed by atoms with Crippen molar-refractivity contribution in [1.29, 1.82) is 0 Å². The molecule has 6 nitrogen and oxygen atoms in total. The Morgan fingerprint density at radius 1 is 0.889 bits per heavy atom. The summed E-state index contributed by atoms with van der Waals surface area (Å²) in [6.45, 7) is 3.59. The summed E-state index contributed by atoms with van der Waals surface area (Å²) in [6.07, 6.45) is -0.252. The van der Waals surface area contributed by atoms with Crippen LogP contribution in [0.25, 0.3) is 0 Å². The van der Waals surface area contributed by atoms with Crippen molar-refractivity contribution in [3.8, 4) is 17.2 Å². The second-order valence-electron chi connectivity index (χ2n) is 6.37. The summed E-state index contributed by atoms with van der Waals surface area (Å²) in [4.78, 5) is 12.5. The molecule has 0 amide bonds. The fraction of sp³-hybridized carbons (Fsp3) is 0.381. The quantitative estimate of drug-likeness (QED) is 0.716. The average Bonchev–Trinajstić information content (AvgIpc) is 2.68. The number of carbonyl (C=O) groups is 1. The number of benzene rings is 2. The number of hydrogen-bond donors (Lipinski definition) is 1. The van der Waals surface area contributed by atoms with E-state index in [1.54, 1.807) is 41.2 Å². The number of carbonyl (C=O) groups excluding carboxylic acids is 1. The lowest BCUT2D eigenvalue weighted by Gasteiger charge is -2.26. The molecule has 0 radical (unpaired) electrons. The Morgan fingerprint density at radius 3 is 2.00 bits per heavy atom. The Labute approximate surface area is 160 Å². The predicted octanol–water partition coefficient (Wildman–Crippen LogP) is 3.12. The van der Waals surface area contributed by atoms with Crippen molar-refractivity contribution in [3.05, 3.63) is 53.6 Å². The summed E-state index contributed by atoms with van der Waals surface area (Å²) < 4.78 is 21.4. The molecular weight excluding hydrogens is 346 g/mol. The number of esters is 1. The van der Waals surface area contributed by atoms with E-state index in [9.17, 15) is 4.79 Å². The molecule has 0 heterocycles. The molecular formula is C21H27NO5. The van der Waals surface area contributed by atoms with Crippen LogP contribution in [0.3, 0.4) is 0 Å². The molecule has 27 heavy (non-hydrogen) atoms. The molecule has 0 saturated carbocycles. The summed E-state index contributed by atoms with van der Waals surface area (Å²) in [5, 5.41) is 0. The minimum Gasteiger partial charge on any atom is -0.497 e. The van der Waals surface area contributed by atoms with Crippen molar-refractivity contribution in [2.75, 3.05) is 21.3 Å². The van der Waals surface area contributed by atoms with Crippen molar-refractivity contribution in [1.82, 2.24) is 0 Å². The standard InChI is InChI=1S/C21H27NO5/c1-13(2)27-21(23)20(22)19(14-6-8-15(24-3)9-7-14)17-11-10-16(25-4)12-18(17)26-5/h6-13,19-20H,22H2,1-5H3/t19-,20-/m0/s1. The highest BCUT2D eigenvalue weighted by Crippen LogP contribution is 2.37. The number of methoxy groups -OCH3 is 3. The zero-order valence-electron chi connectivity index (χ0n) is 16.4. The highest BCUT2D eigenvalue weighted by molar-refractivity contribution is 5.78. The van der Waals surface area contributed by atoms with Crippen LogP contribution in [0.2, 0.25) is 0 Å². The second-order valence-corrected chi connectivity index (χ2v) is 6.37. The molecule has 2 aromatic rings. The predicted molar refractivity (Wildman–Crippen MR) is 104 cm³/mol. The van der Waals surface area contributed by atoms with Gasteiger partial charge in [-0.25, -0.2) is 0 Å². The Morgan fingerprint density at radius 2 is 1.48 bits per heavy atom. The van der Waals surface area contributed by atoms with E-state index in [1.807, 2.05) is 36.4 Å². The molecule has 0 spiro atoms. The van der Waals surface area contributed by atoms with Gasteiger partial charge in [0.1, 0.15) is 23.3 Å². The molecule has 0 fully saturated rings. The molecule has 0 aliphatic rings. The number of ether oxygens (including phenoxy) is 4. The molecule has 2 rings (SSSR count). The fourth-order valence-electron chi connectivity index (χ4n) is 2.91. The Bertz CT molecular complexity index is 758. The smallest absolute Gasteiger partial charge is 0.324 e. The molecule has 2 N–H and O–H groups in total. The van der Waals surface area contributed by atoms with Gasteiger partial charge < -0.3 is 24.7 Å².